The molecule has 0 fully saturated rings. The van der Waals surface area contributed by atoms with E-state index in [2.05, 4.69) is 61.9 Å². The van der Waals surface area contributed by atoms with Gasteiger partial charge in [0, 0.05) is 33.9 Å². The van der Waals surface area contributed by atoms with E-state index < -0.39 is 0 Å². The number of allylic oxidation sites excluding steroid dienone is 1. The number of anilines is 3. The van der Waals surface area contributed by atoms with Crippen molar-refractivity contribution < 1.29 is 0 Å². The Morgan fingerprint density at radius 2 is 1.55 bits per heavy atom. The number of hydrogen-bond donors (Lipinski definition) is 3. The van der Waals surface area contributed by atoms with Crippen LogP contribution in [0.3, 0.4) is 0 Å². The molecule has 0 aliphatic rings. The van der Waals surface area contributed by atoms with Gasteiger partial charge in [0.25, 0.3) is 0 Å². The summed E-state index contributed by atoms with van der Waals surface area (Å²) in [7, 11) is 0. The van der Waals surface area contributed by atoms with Crippen LogP contribution in [0, 0.1) is 12.3 Å². The summed E-state index contributed by atoms with van der Waals surface area (Å²) in [6, 6.07) is 22.3. The minimum Gasteiger partial charge on any atom is -0.359 e. The second-order valence-electron chi connectivity index (χ2n) is 8.49. The smallest absolute Gasteiger partial charge is 0.0690 e. The molecule has 33 heavy (non-hydrogen) atoms. The number of benzene rings is 3. The molecule has 0 aliphatic carbocycles. The fraction of sp³-hybridized carbons (Fsp3) is 0.233. The van der Waals surface area contributed by atoms with E-state index in [0.29, 0.717) is 5.71 Å². The molecule has 3 aromatic carbocycles. The normalized spacial score (nSPS) is 10.5. The maximum Gasteiger partial charge on any atom is 0.0690 e. The molecule has 0 radical (unpaired) electrons. The average Bonchev–Trinajstić information content (AvgIpc) is 2.83. The van der Waals surface area contributed by atoms with Crippen molar-refractivity contribution in [1.29, 1.82) is 5.41 Å². The monoisotopic (exact) mass is 437 g/mol. The molecule has 0 amide bonds. The third-order valence-electron chi connectivity index (χ3n) is 5.71. The third-order valence-corrected chi connectivity index (χ3v) is 5.71. The van der Waals surface area contributed by atoms with E-state index in [9.17, 15) is 0 Å². The van der Waals surface area contributed by atoms with E-state index in [-0.39, 0.29) is 0 Å². The van der Waals surface area contributed by atoms with Gasteiger partial charge in [0.05, 0.1) is 5.71 Å². The van der Waals surface area contributed by atoms with E-state index in [1.54, 1.807) is 0 Å². The quantitative estimate of drug-likeness (QED) is 0.196. The summed E-state index contributed by atoms with van der Waals surface area (Å²) >= 11 is 0. The molecule has 0 spiro atoms. The summed E-state index contributed by atoms with van der Waals surface area (Å²) in [5.41, 5.74) is 8.44. The minimum absolute atomic E-state index is 0.483. The third kappa shape index (κ3) is 6.95. The van der Waals surface area contributed by atoms with Crippen LogP contribution in [-0.4, -0.2) is 5.71 Å². The zero-order valence-electron chi connectivity index (χ0n) is 19.9. The molecule has 170 valence electrons. The molecule has 0 unspecified atom stereocenters. The highest BCUT2D eigenvalue weighted by molar-refractivity contribution is 6.13. The van der Waals surface area contributed by atoms with Gasteiger partial charge in [-0.25, -0.2) is 0 Å². The van der Waals surface area contributed by atoms with Crippen LogP contribution in [0.5, 0.6) is 0 Å². The molecular formula is C30H35N3. The summed E-state index contributed by atoms with van der Waals surface area (Å²) in [5, 5.41) is 15.6. The first-order chi connectivity index (χ1) is 16.0. The van der Waals surface area contributed by atoms with Crippen LogP contribution in [0.15, 0.2) is 85.6 Å². The highest BCUT2D eigenvalue weighted by atomic mass is 14.9. The molecule has 0 atom stereocenters. The molecule has 0 heterocycles. The van der Waals surface area contributed by atoms with Crippen molar-refractivity contribution in [2.75, 3.05) is 10.6 Å². The molecule has 3 rings (SSSR count). The van der Waals surface area contributed by atoms with Gasteiger partial charge in [-0.2, -0.15) is 0 Å². The summed E-state index contributed by atoms with van der Waals surface area (Å²) < 4.78 is 0. The molecule has 0 saturated carbocycles. The fourth-order valence-electron chi connectivity index (χ4n) is 3.75. The number of aryl methyl sites for hydroxylation is 1. The van der Waals surface area contributed by atoms with Crippen LogP contribution in [0.2, 0.25) is 0 Å². The van der Waals surface area contributed by atoms with Crippen molar-refractivity contribution >= 4 is 28.8 Å². The maximum atomic E-state index is 8.77. The van der Waals surface area contributed by atoms with Crippen LogP contribution in [0.4, 0.5) is 17.1 Å². The Kier molecular flexibility index (Phi) is 8.65. The number of hydrogen-bond acceptors (Lipinski definition) is 3. The molecule has 3 N–H and O–H groups in total. The van der Waals surface area contributed by atoms with Gasteiger partial charge >= 0.3 is 0 Å². The standard InChI is InChI=1S/C30H35N3/c1-5-7-8-9-10-23(4)32-26-17-13-25(14-18-26)30(31)29-20-19-28(21-24(29)6-2)33-27-15-11-22(3)12-16-27/h6,11-21,31-33H,2,4-5,7-10H2,1,3H3. The molecule has 3 aromatic rings. The Balaban J connectivity index is 1.66. The predicted molar refractivity (Wildman–Crippen MR) is 145 cm³/mol. The van der Waals surface area contributed by atoms with Gasteiger partial charge in [0.15, 0.2) is 0 Å². The van der Waals surface area contributed by atoms with E-state index in [1.807, 2.05) is 48.5 Å². The van der Waals surface area contributed by atoms with Crippen LogP contribution < -0.4 is 10.6 Å². The van der Waals surface area contributed by atoms with E-state index >= 15 is 0 Å². The van der Waals surface area contributed by atoms with E-state index in [1.165, 1.54) is 31.2 Å². The van der Waals surface area contributed by atoms with Gasteiger partial charge in [-0.15, -0.1) is 0 Å². The molecule has 0 aromatic heterocycles. The Labute approximate surface area is 198 Å². The second-order valence-corrected chi connectivity index (χ2v) is 8.49. The van der Waals surface area contributed by atoms with Crippen LogP contribution >= 0.6 is 0 Å². The largest absolute Gasteiger partial charge is 0.359 e. The molecule has 3 heteroatoms. The zero-order valence-corrected chi connectivity index (χ0v) is 19.9. The van der Waals surface area contributed by atoms with Crippen LogP contribution in [-0.2, 0) is 0 Å². The lowest BCUT2D eigenvalue weighted by Gasteiger charge is -2.14. The molecule has 0 saturated heterocycles. The first-order valence-corrected chi connectivity index (χ1v) is 11.7. The van der Waals surface area contributed by atoms with Gasteiger partial charge in [0.1, 0.15) is 0 Å². The SMILES string of the molecule is C=Cc1cc(Nc2ccc(C)cc2)ccc1C(=N)c1ccc(NC(=C)CCCCCC)cc1. The average molecular weight is 438 g/mol. The summed E-state index contributed by atoms with van der Waals surface area (Å²) in [4.78, 5) is 0. The van der Waals surface area contributed by atoms with Crippen molar-refractivity contribution in [2.45, 2.75) is 46.0 Å². The van der Waals surface area contributed by atoms with Crippen LogP contribution in [0.25, 0.3) is 6.08 Å². The first kappa shape index (κ1) is 24.1. The molecule has 0 aliphatic heterocycles. The summed E-state index contributed by atoms with van der Waals surface area (Å²) in [6.07, 6.45) is 7.73. The maximum absolute atomic E-state index is 8.77. The summed E-state index contributed by atoms with van der Waals surface area (Å²) in [6.45, 7) is 12.4. The van der Waals surface area contributed by atoms with Crippen molar-refractivity contribution in [3.05, 3.63) is 108 Å². The highest BCUT2D eigenvalue weighted by Crippen LogP contribution is 2.24. The number of rotatable bonds is 12. The van der Waals surface area contributed by atoms with Gasteiger partial charge in [-0.05, 0) is 61.7 Å². The Hall–Kier alpha value is -3.59. The molecule has 3 nitrogen and oxygen atoms in total. The van der Waals surface area contributed by atoms with Crippen molar-refractivity contribution in [1.82, 2.24) is 0 Å². The lowest BCUT2D eigenvalue weighted by atomic mass is 9.96. The van der Waals surface area contributed by atoms with Crippen molar-refractivity contribution in [3.8, 4) is 0 Å². The fourth-order valence-corrected chi connectivity index (χ4v) is 3.75. The first-order valence-electron chi connectivity index (χ1n) is 11.7. The van der Waals surface area contributed by atoms with Crippen molar-refractivity contribution in [3.63, 3.8) is 0 Å². The summed E-state index contributed by atoms with van der Waals surface area (Å²) in [5.74, 6) is 0. The zero-order chi connectivity index (χ0) is 23.6. The van der Waals surface area contributed by atoms with Gasteiger partial charge in [0.2, 0.25) is 0 Å². The predicted octanol–water partition coefficient (Wildman–Crippen LogP) is 8.69. The number of nitrogens with one attached hydrogen (secondary N) is 3. The van der Waals surface area contributed by atoms with E-state index in [0.717, 1.165) is 45.9 Å². The molecule has 0 bridgehead atoms. The van der Waals surface area contributed by atoms with Gasteiger partial charge in [-0.1, -0.05) is 81.3 Å². The molecular weight excluding hydrogens is 402 g/mol. The Morgan fingerprint density at radius 1 is 0.879 bits per heavy atom. The lowest BCUT2D eigenvalue weighted by Crippen LogP contribution is -2.05. The second kappa shape index (κ2) is 11.9. The van der Waals surface area contributed by atoms with E-state index in [4.69, 9.17) is 5.41 Å². The van der Waals surface area contributed by atoms with Crippen LogP contribution in [0.1, 0.15) is 61.3 Å². The lowest BCUT2D eigenvalue weighted by molar-refractivity contribution is 0.666. The van der Waals surface area contributed by atoms with Gasteiger partial charge in [-0.3, -0.25) is 5.41 Å². The van der Waals surface area contributed by atoms with Gasteiger partial charge < -0.3 is 10.6 Å². The Morgan fingerprint density at radius 3 is 2.21 bits per heavy atom. The van der Waals surface area contributed by atoms with Crippen molar-refractivity contribution in [2.24, 2.45) is 0 Å². The topological polar surface area (TPSA) is 47.9 Å². The number of unbranched alkanes of at least 4 members (excludes halogenated alkanes) is 3. The Bertz CT molecular complexity index is 1090. The minimum atomic E-state index is 0.483. The highest BCUT2D eigenvalue weighted by Gasteiger charge is 2.10.